The average molecular weight is 264 g/mol. The van der Waals surface area contributed by atoms with Gasteiger partial charge in [-0.3, -0.25) is 24.4 Å². The van der Waals surface area contributed by atoms with E-state index in [2.05, 4.69) is 15.7 Å². The van der Waals surface area contributed by atoms with Crippen LogP contribution in [-0.2, 0) is 23.1 Å². The van der Waals surface area contributed by atoms with Crippen molar-refractivity contribution in [2.24, 2.45) is 7.05 Å². The summed E-state index contributed by atoms with van der Waals surface area (Å²) < 4.78 is 1.49. The van der Waals surface area contributed by atoms with Crippen molar-refractivity contribution in [3.8, 4) is 0 Å². The van der Waals surface area contributed by atoms with Gasteiger partial charge in [-0.1, -0.05) is 6.92 Å². The number of nitrogens with one attached hydrogen (secondary N) is 2. The molecule has 7 nitrogen and oxygen atoms in total. The molecule has 3 amide bonds. The fourth-order valence-corrected chi connectivity index (χ4v) is 1.98. The Morgan fingerprint density at radius 1 is 1.58 bits per heavy atom. The highest BCUT2D eigenvalue weighted by molar-refractivity contribution is 6.03. The van der Waals surface area contributed by atoms with Gasteiger partial charge in [-0.2, -0.15) is 5.10 Å². The van der Waals surface area contributed by atoms with E-state index in [9.17, 15) is 14.4 Å². The van der Waals surface area contributed by atoms with Crippen molar-refractivity contribution in [3.63, 3.8) is 0 Å². The van der Waals surface area contributed by atoms with Crippen LogP contribution in [-0.4, -0.2) is 33.5 Å². The van der Waals surface area contributed by atoms with Gasteiger partial charge in [0.1, 0.15) is 11.7 Å². The minimum atomic E-state index is -0.662. The first-order valence-electron chi connectivity index (χ1n) is 6.18. The number of carbonyl (C=O) groups excluding carboxylic acids is 3. The Balaban J connectivity index is 2.06. The zero-order valence-corrected chi connectivity index (χ0v) is 10.9. The third-order valence-corrected chi connectivity index (χ3v) is 3.07. The van der Waals surface area contributed by atoms with Crippen molar-refractivity contribution in [1.82, 2.24) is 20.4 Å². The van der Waals surface area contributed by atoms with Crippen LogP contribution in [0.1, 0.15) is 35.9 Å². The van der Waals surface area contributed by atoms with Gasteiger partial charge >= 0.3 is 0 Å². The van der Waals surface area contributed by atoms with Gasteiger partial charge in [-0.15, -0.1) is 0 Å². The predicted molar refractivity (Wildman–Crippen MR) is 66.2 cm³/mol. The number of carbonyl (C=O) groups is 3. The molecule has 2 N–H and O–H groups in total. The number of amides is 3. The summed E-state index contributed by atoms with van der Waals surface area (Å²) in [6, 6.07) is 1.03. The highest BCUT2D eigenvalue weighted by Crippen LogP contribution is 2.08. The monoisotopic (exact) mass is 264 g/mol. The Bertz CT molecular complexity index is 535. The molecule has 2 heterocycles. The third kappa shape index (κ3) is 2.81. The molecule has 7 heteroatoms. The Hall–Kier alpha value is -2.18. The maximum Gasteiger partial charge on any atom is 0.270 e. The van der Waals surface area contributed by atoms with E-state index < -0.39 is 11.9 Å². The van der Waals surface area contributed by atoms with Crippen LogP contribution >= 0.6 is 0 Å². The Labute approximate surface area is 110 Å². The lowest BCUT2D eigenvalue weighted by atomic mass is 10.1. The summed E-state index contributed by atoms with van der Waals surface area (Å²) in [5.41, 5.74) is 1.22. The van der Waals surface area contributed by atoms with E-state index >= 15 is 0 Å². The smallest absolute Gasteiger partial charge is 0.270 e. The zero-order valence-electron chi connectivity index (χ0n) is 10.9. The lowest BCUT2D eigenvalue weighted by Crippen LogP contribution is -2.52. The maximum absolute atomic E-state index is 12.1. The Morgan fingerprint density at radius 2 is 2.32 bits per heavy atom. The lowest BCUT2D eigenvalue weighted by Gasteiger charge is -2.21. The molecule has 2 rings (SSSR count). The van der Waals surface area contributed by atoms with Crippen LogP contribution < -0.4 is 10.6 Å². The van der Waals surface area contributed by atoms with E-state index in [0.29, 0.717) is 12.1 Å². The maximum atomic E-state index is 12.1. The zero-order chi connectivity index (χ0) is 14.0. The van der Waals surface area contributed by atoms with Gasteiger partial charge in [-0.25, -0.2) is 0 Å². The SMILES string of the molecule is CCc1cc(C(=O)NC2CCC(=O)NC2=O)n(C)n1. The van der Waals surface area contributed by atoms with E-state index in [1.54, 1.807) is 13.1 Å². The minimum absolute atomic E-state index is 0.238. The highest BCUT2D eigenvalue weighted by Gasteiger charge is 2.28. The number of hydrogen-bond donors (Lipinski definition) is 2. The highest BCUT2D eigenvalue weighted by atomic mass is 16.2. The first kappa shape index (κ1) is 13.3. The van der Waals surface area contributed by atoms with Crippen LogP contribution in [0.15, 0.2) is 6.07 Å². The molecule has 1 fully saturated rings. The molecule has 0 bridgehead atoms. The third-order valence-electron chi connectivity index (χ3n) is 3.07. The van der Waals surface area contributed by atoms with E-state index in [4.69, 9.17) is 0 Å². The minimum Gasteiger partial charge on any atom is -0.339 e. The number of nitrogens with zero attached hydrogens (tertiary/aromatic N) is 2. The predicted octanol–water partition coefficient (Wildman–Crippen LogP) is -0.482. The molecule has 1 aliphatic heterocycles. The molecule has 0 aromatic carbocycles. The molecule has 0 saturated carbocycles. The lowest BCUT2D eigenvalue weighted by molar-refractivity contribution is -0.134. The number of hydrogen-bond acceptors (Lipinski definition) is 4. The van der Waals surface area contributed by atoms with Gasteiger partial charge in [-0.05, 0) is 18.9 Å². The summed E-state index contributed by atoms with van der Waals surface area (Å²) in [5.74, 6) is -1.11. The van der Waals surface area contributed by atoms with E-state index in [-0.39, 0.29) is 18.2 Å². The van der Waals surface area contributed by atoms with Crippen molar-refractivity contribution in [2.75, 3.05) is 0 Å². The number of piperidine rings is 1. The first-order chi connectivity index (χ1) is 9.01. The Morgan fingerprint density at radius 3 is 2.89 bits per heavy atom. The van der Waals surface area contributed by atoms with Crippen molar-refractivity contribution in [3.05, 3.63) is 17.5 Å². The molecule has 102 valence electrons. The fourth-order valence-electron chi connectivity index (χ4n) is 1.98. The standard InChI is InChI=1S/C12H16N4O3/c1-3-7-6-9(16(2)15-7)12(19)13-8-4-5-10(17)14-11(8)18/h6,8H,3-5H2,1-2H3,(H,13,19)(H,14,17,18). The Kier molecular flexibility index (Phi) is 3.64. The van der Waals surface area contributed by atoms with Crippen LogP contribution in [0.2, 0.25) is 0 Å². The molecule has 1 aromatic heterocycles. The molecule has 1 aromatic rings. The number of imide groups is 1. The summed E-state index contributed by atoms with van der Waals surface area (Å²) in [6.07, 6.45) is 1.30. The van der Waals surface area contributed by atoms with Crippen LogP contribution in [0.25, 0.3) is 0 Å². The van der Waals surface area contributed by atoms with Crippen LogP contribution in [0.4, 0.5) is 0 Å². The summed E-state index contributed by atoms with van der Waals surface area (Å²) >= 11 is 0. The van der Waals surface area contributed by atoms with Crippen LogP contribution in [0.3, 0.4) is 0 Å². The van der Waals surface area contributed by atoms with E-state index in [1.165, 1.54) is 4.68 Å². The number of rotatable bonds is 3. The van der Waals surface area contributed by atoms with E-state index in [1.807, 2.05) is 6.92 Å². The van der Waals surface area contributed by atoms with Crippen molar-refractivity contribution in [1.29, 1.82) is 0 Å². The molecule has 0 spiro atoms. The van der Waals surface area contributed by atoms with Gasteiger partial charge in [0.05, 0.1) is 5.69 Å². The van der Waals surface area contributed by atoms with Gasteiger partial charge in [0, 0.05) is 13.5 Å². The van der Waals surface area contributed by atoms with Crippen molar-refractivity contribution >= 4 is 17.7 Å². The largest absolute Gasteiger partial charge is 0.339 e. The first-order valence-corrected chi connectivity index (χ1v) is 6.18. The van der Waals surface area contributed by atoms with Crippen molar-refractivity contribution < 1.29 is 14.4 Å². The summed E-state index contributed by atoms with van der Waals surface area (Å²) in [4.78, 5) is 34.6. The van der Waals surface area contributed by atoms with Gasteiger partial charge < -0.3 is 5.32 Å². The van der Waals surface area contributed by atoms with Crippen LogP contribution in [0, 0.1) is 0 Å². The van der Waals surface area contributed by atoms with Gasteiger partial charge in [0.25, 0.3) is 5.91 Å². The topological polar surface area (TPSA) is 93.1 Å². The molecular formula is C12H16N4O3. The summed E-state index contributed by atoms with van der Waals surface area (Å²) in [7, 11) is 1.68. The number of aryl methyl sites for hydroxylation is 2. The quantitative estimate of drug-likeness (QED) is 0.721. The normalized spacial score (nSPS) is 19.2. The van der Waals surface area contributed by atoms with E-state index in [0.717, 1.165) is 12.1 Å². The molecule has 0 aliphatic carbocycles. The van der Waals surface area contributed by atoms with Gasteiger partial charge in [0.2, 0.25) is 11.8 Å². The summed E-state index contributed by atoms with van der Waals surface area (Å²) in [5, 5.41) is 9.00. The second kappa shape index (κ2) is 5.21. The molecule has 19 heavy (non-hydrogen) atoms. The van der Waals surface area contributed by atoms with Crippen LogP contribution in [0.5, 0.6) is 0 Å². The number of aromatic nitrogens is 2. The summed E-state index contributed by atoms with van der Waals surface area (Å²) in [6.45, 7) is 1.95. The molecule has 1 unspecified atom stereocenters. The molecule has 0 radical (unpaired) electrons. The average Bonchev–Trinajstić information content (AvgIpc) is 2.74. The fraction of sp³-hybridized carbons (Fsp3) is 0.500. The second-order valence-corrected chi connectivity index (χ2v) is 4.48. The molecule has 1 aliphatic rings. The van der Waals surface area contributed by atoms with Gasteiger partial charge in [0.15, 0.2) is 0 Å². The second-order valence-electron chi connectivity index (χ2n) is 4.48. The van der Waals surface area contributed by atoms with Crippen molar-refractivity contribution in [2.45, 2.75) is 32.2 Å². The molecule has 1 saturated heterocycles. The molecular weight excluding hydrogens is 248 g/mol. The molecule has 1 atom stereocenters.